The maximum atomic E-state index is 14.2. The summed E-state index contributed by atoms with van der Waals surface area (Å²) < 4.78 is 241. The van der Waals surface area contributed by atoms with Crippen LogP contribution in [0.3, 0.4) is 0 Å². The fraction of sp³-hybridized carbons (Fsp3) is 0.857. The summed E-state index contributed by atoms with van der Waals surface area (Å²) in [6, 6.07) is 0. The molecular weight excluding hydrogens is 574 g/mol. The Balaban J connectivity index is 3.20. The van der Waals surface area contributed by atoms with Crippen LogP contribution < -0.4 is 0 Å². The van der Waals surface area contributed by atoms with E-state index in [4.69, 9.17) is 0 Å². The summed E-state index contributed by atoms with van der Waals surface area (Å²) in [5.74, 6) is -12.5. The van der Waals surface area contributed by atoms with E-state index in [2.05, 4.69) is 4.74 Å². The van der Waals surface area contributed by atoms with Gasteiger partial charge in [0.25, 0.3) is 5.85 Å². The molecule has 1 saturated carbocycles. The van der Waals surface area contributed by atoms with E-state index in [0.29, 0.717) is 6.08 Å². The van der Waals surface area contributed by atoms with Gasteiger partial charge in [0.1, 0.15) is 0 Å². The molecule has 1 aliphatic carbocycles. The van der Waals surface area contributed by atoms with Crippen molar-refractivity contribution in [3.8, 4) is 0 Å². The zero-order valence-electron chi connectivity index (χ0n) is 16.4. The summed E-state index contributed by atoms with van der Waals surface area (Å²) in [6.07, 6.45) is -51.6. The lowest BCUT2D eigenvalue weighted by atomic mass is 9.75. The molecule has 0 unspecified atom stereocenters. The average molecular weight is 582 g/mol. The van der Waals surface area contributed by atoms with E-state index < -0.39 is 67.1 Å². The fourth-order valence-electron chi connectivity index (χ4n) is 2.27. The summed E-state index contributed by atoms with van der Waals surface area (Å²) in [6.45, 7) is 0.981. The van der Waals surface area contributed by atoms with Gasteiger partial charge in [-0.1, -0.05) is 12.2 Å². The second-order valence-corrected chi connectivity index (χ2v) is 6.64. The highest BCUT2D eigenvalue weighted by Crippen LogP contribution is 2.59. The lowest BCUT2D eigenvalue weighted by Crippen LogP contribution is -2.67. The van der Waals surface area contributed by atoms with Gasteiger partial charge >= 0.3 is 48.9 Å². The van der Waals surface area contributed by atoms with Gasteiger partial charge in [-0.3, -0.25) is 4.74 Å². The van der Waals surface area contributed by atoms with Crippen LogP contribution in [0.2, 0.25) is 0 Å². The van der Waals surface area contributed by atoms with Crippen LogP contribution in [0.15, 0.2) is 12.2 Å². The molecule has 0 N–H and O–H groups in total. The van der Waals surface area contributed by atoms with Gasteiger partial charge in [0, 0.05) is 12.3 Å². The third-order valence-corrected chi connectivity index (χ3v) is 3.93. The minimum atomic E-state index is -7.60. The molecule has 0 aliphatic heterocycles. The molecule has 36 heavy (non-hydrogen) atoms. The Morgan fingerprint density at radius 2 is 0.917 bits per heavy atom. The summed E-state index contributed by atoms with van der Waals surface area (Å²) in [5.41, 5.74) is 0. The van der Waals surface area contributed by atoms with E-state index in [1.807, 2.05) is 0 Å². The molecule has 1 rings (SSSR count). The lowest BCUT2D eigenvalue weighted by molar-refractivity contribution is -0.583. The Morgan fingerprint density at radius 3 is 1.22 bits per heavy atom. The standard InChI is InChI=1S/C14H8F18O4/c1-2-3-5-4-6(15,16)7(5,17)33-8(18,19)9(20,21)34-10(22,23)11(24,25)35-12(26,27)13(28,29)36-14(30,31)32/h2-3,5H,4H2,1H3/b3-2+/t5-,7+/m0/s1. The molecule has 22 heteroatoms. The Hall–Kier alpha value is -1.68. The second kappa shape index (κ2) is 8.96. The molecule has 1 fully saturated rings. The van der Waals surface area contributed by atoms with E-state index in [1.165, 1.54) is 9.47 Å². The number of allylic oxidation sites excluding steroid dienone is 1. The molecule has 0 saturated heterocycles. The van der Waals surface area contributed by atoms with Gasteiger partial charge in [-0.15, -0.1) is 13.2 Å². The summed E-state index contributed by atoms with van der Waals surface area (Å²) in [7, 11) is 0. The van der Waals surface area contributed by atoms with Crippen LogP contribution in [-0.2, 0) is 18.9 Å². The van der Waals surface area contributed by atoms with Crippen LogP contribution in [-0.4, -0.2) is 54.8 Å². The molecule has 0 bridgehead atoms. The maximum absolute atomic E-state index is 14.2. The van der Waals surface area contributed by atoms with E-state index in [0.717, 1.165) is 13.0 Å². The third-order valence-electron chi connectivity index (χ3n) is 3.93. The van der Waals surface area contributed by atoms with E-state index in [9.17, 15) is 79.0 Å². The van der Waals surface area contributed by atoms with Crippen molar-refractivity contribution in [1.82, 2.24) is 0 Å². The topological polar surface area (TPSA) is 36.9 Å². The Labute approximate surface area is 185 Å². The highest BCUT2D eigenvalue weighted by molar-refractivity contribution is 5.12. The first kappa shape index (κ1) is 32.3. The monoisotopic (exact) mass is 582 g/mol. The minimum Gasteiger partial charge on any atom is -0.269 e. The van der Waals surface area contributed by atoms with Crippen molar-refractivity contribution in [2.75, 3.05) is 0 Å². The Morgan fingerprint density at radius 1 is 0.583 bits per heavy atom. The van der Waals surface area contributed by atoms with Crippen LogP contribution in [0, 0.1) is 5.92 Å². The molecule has 214 valence electrons. The zero-order chi connectivity index (χ0) is 29.0. The molecule has 2 atom stereocenters. The van der Waals surface area contributed by atoms with E-state index in [1.54, 1.807) is 4.74 Å². The summed E-state index contributed by atoms with van der Waals surface area (Å²) in [5, 5.41) is 0. The van der Waals surface area contributed by atoms with Crippen LogP contribution >= 0.6 is 0 Å². The maximum Gasteiger partial charge on any atom is 0.527 e. The summed E-state index contributed by atoms with van der Waals surface area (Å²) in [4.78, 5) is 0. The quantitative estimate of drug-likeness (QED) is 0.194. The van der Waals surface area contributed by atoms with Gasteiger partial charge in [0.05, 0.1) is 0 Å². The molecule has 0 aromatic heterocycles. The molecule has 0 spiro atoms. The van der Waals surface area contributed by atoms with Crippen LogP contribution in [0.25, 0.3) is 0 Å². The minimum absolute atomic E-state index is 0.356. The molecule has 0 heterocycles. The normalized spacial score (nSPS) is 24.8. The zero-order valence-corrected chi connectivity index (χ0v) is 16.4. The number of ether oxygens (including phenoxy) is 4. The van der Waals surface area contributed by atoms with Crippen LogP contribution in [0.1, 0.15) is 13.3 Å². The first-order valence-electron chi connectivity index (χ1n) is 8.33. The first-order valence-corrected chi connectivity index (χ1v) is 8.33. The van der Waals surface area contributed by atoms with Crippen molar-refractivity contribution in [2.24, 2.45) is 5.92 Å². The van der Waals surface area contributed by atoms with Crippen molar-refractivity contribution in [2.45, 2.75) is 68.1 Å². The predicted octanol–water partition coefficient (Wildman–Crippen LogP) is 7.03. The highest BCUT2D eigenvalue weighted by atomic mass is 19.4. The SMILES string of the molecule is C/C=C/[C@H]1CC(F)(F)[C@]1(F)OC(F)(F)C(F)(F)OC(F)(F)C(F)(F)OC(F)(F)C(F)(F)OC(F)(F)F. The van der Waals surface area contributed by atoms with Gasteiger partial charge in [0.2, 0.25) is 0 Å². The number of rotatable bonds is 11. The smallest absolute Gasteiger partial charge is 0.269 e. The molecule has 4 nitrogen and oxygen atoms in total. The second-order valence-electron chi connectivity index (χ2n) is 6.64. The van der Waals surface area contributed by atoms with Crippen molar-refractivity contribution >= 4 is 0 Å². The van der Waals surface area contributed by atoms with Crippen molar-refractivity contribution in [3.05, 3.63) is 12.2 Å². The molecule has 0 amide bonds. The molecule has 0 aromatic rings. The van der Waals surface area contributed by atoms with Gasteiger partial charge in [-0.25, -0.2) is 27.4 Å². The predicted molar refractivity (Wildman–Crippen MR) is 71.8 cm³/mol. The van der Waals surface area contributed by atoms with Crippen LogP contribution in [0.4, 0.5) is 79.0 Å². The molecule has 0 aromatic carbocycles. The van der Waals surface area contributed by atoms with Gasteiger partial charge in [0.15, 0.2) is 0 Å². The Bertz CT molecular complexity index is 821. The average Bonchev–Trinajstić information content (AvgIpc) is 2.56. The van der Waals surface area contributed by atoms with E-state index in [-0.39, 0.29) is 0 Å². The number of alkyl halides is 18. The van der Waals surface area contributed by atoms with Gasteiger partial charge in [-0.05, 0) is 6.92 Å². The highest BCUT2D eigenvalue weighted by Gasteiger charge is 2.80. The largest absolute Gasteiger partial charge is 0.527 e. The Kier molecular flexibility index (Phi) is 8.05. The summed E-state index contributed by atoms with van der Waals surface area (Å²) >= 11 is 0. The fourth-order valence-corrected chi connectivity index (χ4v) is 2.27. The number of hydrogen-bond acceptors (Lipinski definition) is 4. The first-order chi connectivity index (χ1) is 15.5. The van der Waals surface area contributed by atoms with Gasteiger partial charge in [-0.2, -0.15) is 52.7 Å². The number of hydrogen-bond donors (Lipinski definition) is 0. The lowest BCUT2D eigenvalue weighted by Gasteiger charge is -2.49. The third kappa shape index (κ3) is 6.06. The number of halogens is 18. The molecule has 1 aliphatic rings. The molecular formula is C14H8F18O4. The van der Waals surface area contributed by atoms with Crippen LogP contribution in [0.5, 0.6) is 0 Å². The van der Waals surface area contributed by atoms with Crippen molar-refractivity contribution in [3.63, 3.8) is 0 Å². The molecule has 0 radical (unpaired) electrons. The van der Waals surface area contributed by atoms with Gasteiger partial charge < -0.3 is 0 Å². The van der Waals surface area contributed by atoms with E-state index >= 15 is 0 Å². The van der Waals surface area contributed by atoms with Crippen molar-refractivity contribution < 1.29 is 98.0 Å². The van der Waals surface area contributed by atoms with Crippen molar-refractivity contribution in [1.29, 1.82) is 0 Å².